The molecule has 1 aromatic heterocycles. The SMILES string of the molecule is CCN(CC1CCC1)c1nc(COC)c(CNC)s1. The molecule has 0 aliphatic heterocycles. The van der Waals surface area contributed by atoms with Gasteiger partial charge in [-0.15, -0.1) is 11.3 Å². The topological polar surface area (TPSA) is 37.4 Å². The second-order valence-corrected chi connectivity index (χ2v) is 6.23. The normalized spacial score (nSPS) is 15.5. The Balaban J connectivity index is 2.09. The maximum Gasteiger partial charge on any atom is 0.185 e. The van der Waals surface area contributed by atoms with E-state index >= 15 is 0 Å². The van der Waals surface area contributed by atoms with Crippen LogP contribution in [0.5, 0.6) is 0 Å². The molecule has 0 spiro atoms. The van der Waals surface area contributed by atoms with E-state index in [-0.39, 0.29) is 0 Å². The fraction of sp³-hybridized carbons (Fsp3) is 0.786. The number of nitrogens with one attached hydrogen (secondary N) is 1. The smallest absolute Gasteiger partial charge is 0.185 e. The third kappa shape index (κ3) is 3.68. The lowest BCUT2D eigenvalue weighted by Gasteiger charge is -2.31. The van der Waals surface area contributed by atoms with Crippen molar-refractivity contribution in [3.8, 4) is 0 Å². The maximum atomic E-state index is 5.25. The van der Waals surface area contributed by atoms with E-state index in [4.69, 9.17) is 9.72 Å². The molecule has 0 saturated heterocycles. The molecule has 1 N–H and O–H groups in total. The molecule has 0 amide bonds. The molecule has 0 unspecified atom stereocenters. The highest BCUT2D eigenvalue weighted by atomic mass is 32.1. The standard InChI is InChI=1S/C14H25N3OS/c1-4-17(9-11-6-5-7-11)14-16-12(10-18-3)13(19-14)8-15-2/h11,15H,4-10H2,1-3H3. The van der Waals surface area contributed by atoms with E-state index in [0.717, 1.165) is 36.4 Å². The van der Waals surface area contributed by atoms with Crippen LogP contribution in [-0.2, 0) is 17.9 Å². The summed E-state index contributed by atoms with van der Waals surface area (Å²) in [5.41, 5.74) is 1.09. The first kappa shape index (κ1) is 14.8. The van der Waals surface area contributed by atoms with Gasteiger partial charge in [0.05, 0.1) is 12.3 Å². The van der Waals surface area contributed by atoms with E-state index in [1.54, 1.807) is 18.4 Å². The predicted molar refractivity (Wildman–Crippen MR) is 80.8 cm³/mol. The molecule has 1 aliphatic carbocycles. The van der Waals surface area contributed by atoms with E-state index < -0.39 is 0 Å². The number of aromatic nitrogens is 1. The lowest BCUT2D eigenvalue weighted by atomic mass is 9.85. The van der Waals surface area contributed by atoms with Gasteiger partial charge < -0.3 is 15.0 Å². The van der Waals surface area contributed by atoms with Crippen molar-refractivity contribution in [2.24, 2.45) is 5.92 Å². The highest BCUT2D eigenvalue weighted by Crippen LogP contribution is 2.32. The van der Waals surface area contributed by atoms with Crippen LogP contribution in [0.15, 0.2) is 0 Å². The summed E-state index contributed by atoms with van der Waals surface area (Å²) in [5.74, 6) is 0.877. The molecule has 0 atom stereocenters. The van der Waals surface area contributed by atoms with Crippen LogP contribution in [0.2, 0.25) is 0 Å². The zero-order valence-electron chi connectivity index (χ0n) is 12.2. The average Bonchev–Trinajstić information content (AvgIpc) is 2.72. The first-order valence-electron chi connectivity index (χ1n) is 7.15. The van der Waals surface area contributed by atoms with Crippen molar-refractivity contribution < 1.29 is 4.74 Å². The van der Waals surface area contributed by atoms with Crippen LogP contribution in [0.4, 0.5) is 5.13 Å². The van der Waals surface area contributed by atoms with Gasteiger partial charge in [0, 0.05) is 31.6 Å². The summed E-state index contributed by atoms with van der Waals surface area (Å²) >= 11 is 1.81. The Hall–Kier alpha value is -0.650. The van der Waals surface area contributed by atoms with Crippen molar-refractivity contribution in [2.75, 3.05) is 32.1 Å². The van der Waals surface area contributed by atoms with Crippen molar-refractivity contribution in [3.05, 3.63) is 10.6 Å². The molecule has 0 aromatic carbocycles. The summed E-state index contributed by atoms with van der Waals surface area (Å²) in [6, 6.07) is 0. The Morgan fingerprint density at radius 3 is 2.79 bits per heavy atom. The molecule has 1 aromatic rings. The van der Waals surface area contributed by atoms with Crippen molar-refractivity contribution in [1.82, 2.24) is 10.3 Å². The summed E-state index contributed by atoms with van der Waals surface area (Å²) in [6.07, 6.45) is 4.17. The fourth-order valence-corrected chi connectivity index (χ4v) is 3.53. The third-order valence-electron chi connectivity index (χ3n) is 3.74. The molecule has 5 heteroatoms. The Kier molecular flexibility index (Phi) is 5.60. The van der Waals surface area contributed by atoms with E-state index in [2.05, 4.69) is 17.1 Å². The molecule has 4 nitrogen and oxygen atoms in total. The number of anilines is 1. The number of rotatable bonds is 8. The van der Waals surface area contributed by atoms with Crippen LogP contribution in [-0.4, -0.2) is 32.2 Å². The van der Waals surface area contributed by atoms with Crippen LogP contribution < -0.4 is 10.2 Å². The minimum atomic E-state index is 0.606. The first-order valence-corrected chi connectivity index (χ1v) is 7.97. The lowest BCUT2D eigenvalue weighted by Crippen LogP contribution is -2.32. The molecule has 2 rings (SSSR count). The summed E-state index contributed by atoms with van der Waals surface area (Å²) in [4.78, 5) is 8.50. The quantitative estimate of drug-likeness (QED) is 0.796. The number of thiazole rings is 1. The van der Waals surface area contributed by atoms with Gasteiger partial charge in [-0.2, -0.15) is 0 Å². The molecule has 0 radical (unpaired) electrons. The van der Waals surface area contributed by atoms with Crippen molar-refractivity contribution in [1.29, 1.82) is 0 Å². The van der Waals surface area contributed by atoms with Gasteiger partial charge >= 0.3 is 0 Å². The molecule has 1 heterocycles. The van der Waals surface area contributed by atoms with Gasteiger partial charge in [-0.25, -0.2) is 4.98 Å². The average molecular weight is 283 g/mol. The Morgan fingerprint density at radius 1 is 1.47 bits per heavy atom. The Morgan fingerprint density at radius 2 is 2.26 bits per heavy atom. The predicted octanol–water partition coefficient (Wildman–Crippen LogP) is 2.64. The molecule has 1 saturated carbocycles. The zero-order valence-corrected chi connectivity index (χ0v) is 13.1. The van der Waals surface area contributed by atoms with Gasteiger partial charge in [-0.3, -0.25) is 0 Å². The zero-order chi connectivity index (χ0) is 13.7. The molecular formula is C14H25N3OS. The summed E-state index contributed by atoms with van der Waals surface area (Å²) in [7, 11) is 3.70. The van der Waals surface area contributed by atoms with Crippen molar-refractivity contribution in [3.63, 3.8) is 0 Å². The van der Waals surface area contributed by atoms with Gasteiger partial charge in [0.2, 0.25) is 0 Å². The van der Waals surface area contributed by atoms with E-state index in [1.807, 2.05) is 7.05 Å². The first-order chi connectivity index (χ1) is 9.28. The molecule has 1 aliphatic rings. The number of hydrogen-bond donors (Lipinski definition) is 1. The molecule has 0 bridgehead atoms. The number of methoxy groups -OCH3 is 1. The van der Waals surface area contributed by atoms with E-state index in [1.165, 1.54) is 24.1 Å². The summed E-state index contributed by atoms with van der Waals surface area (Å²) in [5, 5.41) is 4.37. The highest BCUT2D eigenvalue weighted by Gasteiger charge is 2.22. The van der Waals surface area contributed by atoms with Gasteiger partial charge in [0.25, 0.3) is 0 Å². The minimum Gasteiger partial charge on any atom is -0.378 e. The van der Waals surface area contributed by atoms with Gasteiger partial charge in [-0.05, 0) is 32.7 Å². The van der Waals surface area contributed by atoms with Crippen molar-refractivity contribution in [2.45, 2.75) is 39.3 Å². The largest absolute Gasteiger partial charge is 0.378 e. The minimum absolute atomic E-state index is 0.606. The second kappa shape index (κ2) is 7.22. The van der Waals surface area contributed by atoms with E-state index in [9.17, 15) is 0 Å². The van der Waals surface area contributed by atoms with Crippen LogP contribution in [0, 0.1) is 5.92 Å². The van der Waals surface area contributed by atoms with E-state index in [0.29, 0.717) is 6.61 Å². The van der Waals surface area contributed by atoms with Crippen LogP contribution in [0.1, 0.15) is 36.8 Å². The fourth-order valence-electron chi connectivity index (χ4n) is 2.38. The van der Waals surface area contributed by atoms with Crippen LogP contribution in [0.3, 0.4) is 0 Å². The van der Waals surface area contributed by atoms with Crippen LogP contribution >= 0.6 is 11.3 Å². The maximum absolute atomic E-state index is 5.25. The molecule has 19 heavy (non-hydrogen) atoms. The number of nitrogens with zero attached hydrogens (tertiary/aromatic N) is 2. The second-order valence-electron chi connectivity index (χ2n) is 5.17. The third-order valence-corrected chi connectivity index (χ3v) is 4.90. The van der Waals surface area contributed by atoms with Crippen LogP contribution in [0.25, 0.3) is 0 Å². The molecule has 1 fully saturated rings. The summed E-state index contributed by atoms with van der Waals surface area (Å²) in [6.45, 7) is 5.89. The molecule has 108 valence electrons. The Bertz CT molecular complexity index is 367. The Labute approximate surface area is 120 Å². The van der Waals surface area contributed by atoms with Gasteiger partial charge in [0.1, 0.15) is 0 Å². The summed E-state index contributed by atoms with van der Waals surface area (Å²) < 4.78 is 5.25. The number of ether oxygens (including phenoxy) is 1. The van der Waals surface area contributed by atoms with Gasteiger partial charge in [-0.1, -0.05) is 6.42 Å². The molecular weight excluding hydrogens is 258 g/mol. The monoisotopic (exact) mass is 283 g/mol. The van der Waals surface area contributed by atoms with Gasteiger partial charge in [0.15, 0.2) is 5.13 Å². The number of hydrogen-bond acceptors (Lipinski definition) is 5. The lowest BCUT2D eigenvalue weighted by molar-refractivity contribution is 0.181. The highest BCUT2D eigenvalue weighted by molar-refractivity contribution is 7.15. The van der Waals surface area contributed by atoms with Crippen molar-refractivity contribution >= 4 is 16.5 Å².